The van der Waals surface area contributed by atoms with E-state index >= 15 is 0 Å². The molecule has 0 radical (unpaired) electrons. The maximum Gasteiger partial charge on any atom is 0.0794 e. The Morgan fingerprint density at radius 1 is 1.12 bits per heavy atom. The molecule has 1 rings (SSSR count). The van der Waals surface area contributed by atoms with Gasteiger partial charge in [-0.15, -0.1) is 0 Å². The first kappa shape index (κ1) is 5.97. The van der Waals surface area contributed by atoms with E-state index in [4.69, 9.17) is 5.84 Å². The van der Waals surface area contributed by atoms with E-state index in [-0.39, 0.29) is 0 Å². The maximum atomic E-state index is 5.47. The van der Waals surface area contributed by atoms with Crippen molar-refractivity contribution < 1.29 is 0 Å². The molecule has 0 unspecified atom stereocenters. The summed E-state index contributed by atoms with van der Waals surface area (Å²) in [6.07, 6.45) is 0. The number of nitrogens with two attached hydrogens (primary N) is 1. The Morgan fingerprint density at radius 2 is 1.50 bits per heavy atom. The Hall–Kier alpha value is -0.160. The van der Waals surface area contributed by atoms with Gasteiger partial charge >= 0.3 is 0 Å². The highest BCUT2D eigenvalue weighted by Gasteiger charge is 2.17. The van der Waals surface area contributed by atoms with Crippen molar-refractivity contribution in [3.63, 3.8) is 0 Å². The summed E-state index contributed by atoms with van der Waals surface area (Å²) in [5.74, 6) is 5.47. The standard InChI is InChI=1S/C4H12N4/c1-6-3-8(5)4-7(6)2/h3-5H2,1-2H3. The zero-order valence-corrected chi connectivity index (χ0v) is 5.33. The molecule has 0 bridgehead atoms. The van der Waals surface area contributed by atoms with Gasteiger partial charge in [0.05, 0.1) is 13.3 Å². The van der Waals surface area contributed by atoms with Crippen molar-refractivity contribution in [3.05, 3.63) is 0 Å². The summed E-state index contributed by atoms with van der Waals surface area (Å²) < 4.78 is 0. The van der Waals surface area contributed by atoms with Gasteiger partial charge in [0.1, 0.15) is 0 Å². The molecular formula is C4H12N4. The molecular weight excluding hydrogens is 104 g/mol. The van der Waals surface area contributed by atoms with Gasteiger partial charge in [-0.05, 0) is 0 Å². The molecule has 8 heavy (non-hydrogen) atoms. The molecule has 0 aliphatic carbocycles. The van der Waals surface area contributed by atoms with E-state index in [1.54, 1.807) is 5.01 Å². The molecule has 0 aromatic carbocycles. The van der Waals surface area contributed by atoms with Crippen molar-refractivity contribution in [2.75, 3.05) is 27.4 Å². The number of hydrogen-bond acceptors (Lipinski definition) is 4. The zero-order valence-electron chi connectivity index (χ0n) is 5.33. The van der Waals surface area contributed by atoms with Crippen molar-refractivity contribution in [1.82, 2.24) is 15.0 Å². The highest BCUT2D eigenvalue weighted by molar-refractivity contribution is 4.53. The van der Waals surface area contributed by atoms with Crippen LogP contribution in [0.1, 0.15) is 0 Å². The molecule has 0 amide bonds. The summed E-state index contributed by atoms with van der Waals surface area (Å²) in [6.45, 7) is 1.66. The lowest BCUT2D eigenvalue weighted by atomic mass is 11.0. The molecule has 4 nitrogen and oxygen atoms in total. The van der Waals surface area contributed by atoms with E-state index in [0.29, 0.717) is 0 Å². The fourth-order valence-corrected chi connectivity index (χ4v) is 0.786. The average molecular weight is 116 g/mol. The molecule has 1 aliphatic heterocycles. The predicted octanol–water partition coefficient (Wildman–Crippen LogP) is -1.13. The minimum atomic E-state index is 0.830. The minimum absolute atomic E-state index is 0.830. The van der Waals surface area contributed by atoms with E-state index in [1.165, 1.54) is 0 Å². The molecule has 0 aromatic rings. The minimum Gasteiger partial charge on any atom is -0.266 e. The molecule has 1 fully saturated rings. The zero-order chi connectivity index (χ0) is 6.15. The van der Waals surface area contributed by atoms with Crippen molar-refractivity contribution in [2.24, 2.45) is 5.84 Å². The van der Waals surface area contributed by atoms with E-state index in [1.807, 2.05) is 14.1 Å². The molecule has 0 spiro atoms. The monoisotopic (exact) mass is 116 g/mol. The van der Waals surface area contributed by atoms with Gasteiger partial charge in [0.15, 0.2) is 0 Å². The first-order valence-electron chi connectivity index (χ1n) is 2.62. The third kappa shape index (κ3) is 0.976. The van der Waals surface area contributed by atoms with Crippen LogP contribution in [-0.4, -0.2) is 42.5 Å². The van der Waals surface area contributed by atoms with Crippen molar-refractivity contribution >= 4 is 0 Å². The van der Waals surface area contributed by atoms with E-state index in [2.05, 4.69) is 10.0 Å². The maximum absolute atomic E-state index is 5.47. The van der Waals surface area contributed by atoms with Crippen LogP contribution in [-0.2, 0) is 0 Å². The third-order valence-corrected chi connectivity index (χ3v) is 1.36. The summed E-state index contributed by atoms with van der Waals surface area (Å²) >= 11 is 0. The molecule has 48 valence electrons. The van der Waals surface area contributed by atoms with Crippen LogP contribution in [0.2, 0.25) is 0 Å². The van der Waals surface area contributed by atoms with Crippen molar-refractivity contribution in [3.8, 4) is 0 Å². The fourth-order valence-electron chi connectivity index (χ4n) is 0.786. The lowest BCUT2D eigenvalue weighted by Gasteiger charge is -2.14. The summed E-state index contributed by atoms with van der Waals surface area (Å²) in [4.78, 5) is 0. The SMILES string of the molecule is CN1CN(N)CN1C. The number of hydrazine groups is 2. The van der Waals surface area contributed by atoms with Gasteiger partial charge in [0.2, 0.25) is 0 Å². The molecule has 1 heterocycles. The molecule has 0 atom stereocenters. The molecule has 4 heteroatoms. The smallest absolute Gasteiger partial charge is 0.0794 e. The van der Waals surface area contributed by atoms with Crippen LogP contribution in [0, 0.1) is 0 Å². The van der Waals surface area contributed by atoms with Gasteiger partial charge < -0.3 is 0 Å². The van der Waals surface area contributed by atoms with Gasteiger partial charge in [0, 0.05) is 14.1 Å². The average Bonchev–Trinajstić information content (AvgIpc) is 1.85. The molecule has 0 saturated carbocycles. The number of hydrogen-bond donors (Lipinski definition) is 1. The van der Waals surface area contributed by atoms with Gasteiger partial charge in [-0.2, -0.15) is 0 Å². The molecule has 0 aromatic heterocycles. The van der Waals surface area contributed by atoms with Crippen LogP contribution in [0.3, 0.4) is 0 Å². The quantitative estimate of drug-likeness (QED) is 0.406. The number of nitrogens with zero attached hydrogens (tertiary/aromatic N) is 3. The Balaban J connectivity index is 2.39. The Bertz CT molecular complexity index is 74.1. The van der Waals surface area contributed by atoms with E-state index in [0.717, 1.165) is 13.3 Å². The van der Waals surface area contributed by atoms with Crippen LogP contribution in [0.15, 0.2) is 0 Å². The first-order chi connectivity index (χ1) is 3.70. The van der Waals surface area contributed by atoms with E-state index in [9.17, 15) is 0 Å². The summed E-state index contributed by atoms with van der Waals surface area (Å²) in [5, 5.41) is 5.86. The van der Waals surface area contributed by atoms with Crippen molar-refractivity contribution in [1.29, 1.82) is 0 Å². The Labute approximate surface area is 49.4 Å². The second kappa shape index (κ2) is 1.99. The summed E-state index contributed by atoms with van der Waals surface area (Å²) in [6, 6.07) is 0. The van der Waals surface area contributed by atoms with Gasteiger partial charge in [-0.3, -0.25) is 5.84 Å². The predicted molar refractivity (Wildman–Crippen MR) is 31.3 cm³/mol. The second-order valence-electron chi connectivity index (χ2n) is 2.19. The molecule has 1 saturated heterocycles. The summed E-state index contributed by atoms with van der Waals surface area (Å²) in [5.41, 5.74) is 0. The van der Waals surface area contributed by atoms with Gasteiger partial charge in [-0.1, -0.05) is 0 Å². The Morgan fingerprint density at radius 3 is 1.62 bits per heavy atom. The van der Waals surface area contributed by atoms with Gasteiger partial charge in [-0.25, -0.2) is 15.0 Å². The topological polar surface area (TPSA) is 35.7 Å². The van der Waals surface area contributed by atoms with Crippen LogP contribution in [0.25, 0.3) is 0 Å². The van der Waals surface area contributed by atoms with Crippen molar-refractivity contribution in [2.45, 2.75) is 0 Å². The van der Waals surface area contributed by atoms with Crippen LogP contribution >= 0.6 is 0 Å². The van der Waals surface area contributed by atoms with E-state index < -0.39 is 0 Å². The third-order valence-electron chi connectivity index (χ3n) is 1.36. The highest BCUT2D eigenvalue weighted by Crippen LogP contribution is 1.99. The van der Waals surface area contributed by atoms with Crippen LogP contribution < -0.4 is 5.84 Å². The highest BCUT2D eigenvalue weighted by atomic mass is 15.8. The normalized spacial score (nSPS) is 27.4. The second-order valence-corrected chi connectivity index (χ2v) is 2.19. The molecule has 1 aliphatic rings. The fraction of sp³-hybridized carbons (Fsp3) is 1.00. The largest absolute Gasteiger partial charge is 0.266 e. The van der Waals surface area contributed by atoms with Crippen LogP contribution in [0.5, 0.6) is 0 Å². The van der Waals surface area contributed by atoms with Gasteiger partial charge in [0.25, 0.3) is 0 Å². The lowest BCUT2D eigenvalue weighted by molar-refractivity contribution is 0.0894. The first-order valence-corrected chi connectivity index (χ1v) is 2.62. The Kier molecular flexibility index (Phi) is 1.48. The number of rotatable bonds is 0. The van der Waals surface area contributed by atoms with Crippen LogP contribution in [0.4, 0.5) is 0 Å². The summed E-state index contributed by atoms with van der Waals surface area (Å²) in [7, 11) is 4.01. The molecule has 2 N–H and O–H groups in total. The lowest BCUT2D eigenvalue weighted by Crippen LogP contribution is -2.29.